The SMILES string of the molecule is CN(C)S(=O)(=O)N1CCO[C@@H](c2cc(CCOc3ccc(F)cc3)[nH]n2)C1. The summed E-state index contributed by atoms with van der Waals surface area (Å²) in [5, 5.41) is 7.17. The van der Waals surface area contributed by atoms with Crippen LogP contribution in [0.5, 0.6) is 5.75 Å². The molecule has 148 valence electrons. The molecule has 0 spiro atoms. The number of nitrogens with one attached hydrogen (secondary N) is 1. The number of nitrogens with zero attached hydrogens (tertiary/aromatic N) is 3. The number of halogens is 1. The molecule has 8 nitrogen and oxygen atoms in total. The summed E-state index contributed by atoms with van der Waals surface area (Å²) in [5.41, 5.74) is 1.51. The summed E-state index contributed by atoms with van der Waals surface area (Å²) >= 11 is 0. The molecule has 1 atom stereocenters. The first-order valence-electron chi connectivity index (χ1n) is 8.58. The van der Waals surface area contributed by atoms with E-state index in [1.807, 2.05) is 6.07 Å². The van der Waals surface area contributed by atoms with Crippen molar-refractivity contribution in [3.05, 3.63) is 47.5 Å². The highest BCUT2D eigenvalue weighted by atomic mass is 32.2. The molecular formula is C17H23FN4O4S. The lowest BCUT2D eigenvalue weighted by atomic mass is 10.2. The second-order valence-electron chi connectivity index (χ2n) is 6.38. The Labute approximate surface area is 158 Å². The second-order valence-corrected chi connectivity index (χ2v) is 8.52. The standard InChI is InChI=1S/C17H23FN4O4S/c1-21(2)27(23,24)22-8-10-26-17(12-22)16-11-14(19-20-16)7-9-25-15-5-3-13(18)4-6-15/h3-6,11,17H,7-10,12H2,1-2H3,(H,19,20)/t17-/m1/s1. The van der Waals surface area contributed by atoms with Crippen LogP contribution in [0.2, 0.25) is 0 Å². The Balaban J connectivity index is 1.56. The Kier molecular flexibility index (Phi) is 6.10. The van der Waals surface area contributed by atoms with E-state index in [1.54, 1.807) is 12.1 Å². The number of morpholine rings is 1. The zero-order valence-corrected chi connectivity index (χ0v) is 16.1. The first-order chi connectivity index (χ1) is 12.9. The quantitative estimate of drug-likeness (QED) is 0.761. The van der Waals surface area contributed by atoms with Gasteiger partial charge in [-0.25, -0.2) is 4.39 Å². The molecule has 0 saturated carbocycles. The largest absolute Gasteiger partial charge is 0.493 e. The molecule has 1 saturated heterocycles. The number of aromatic nitrogens is 2. The van der Waals surface area contributed by atoms with Crippen molar-refractivity contribution < 1.29 is 22.3 Å². The number of H-pyrrole nitrogens is 1. The van der Waals surface area contributed by atoms with Crippen LogP contribution in [0.3, 0.4) is 0 Å². The molecule has 10 heteroatoms. The molecule has 0 aliphatic carbocycles. The molecule has 2 heterocycles. The van der Waals surface area contributed by atoms with Crippen molar-refractivity contribution in [2.75, 3.05) is 40.4 Å². The van der Waals surface area contributed by atoms with E-state index in [2.05, 4.69) is 10.2 Å². The van der Waals surface area contributed by atoms with Crippen molar-refractivity contribution in [3.63, 3.8) is 0 Å². The highest BCUT2D eigenvalue weighted by Gasteiger charge is 2.32. The molecule has 0 unspecified atom stereocenters. The number of ether oxygens (including phenoxy) is 2. The van der Waals surface area contributed by atoms with Crippen molar-refractivity contribution in [1.82, 2.24) is 18.8 Å². The molecular weight excluding hydrogens is 375 g/mol. The molecule has 1 fully saturated rings. The summed E-state index contributed by atoms with van der Waals surface area (Å²) < 4.78 is 51.3. The summed E-state index contributed by atoms with van der Waals surface area (Å²) in [6.07, 6.45) is 0.160. The molecule has 1 aromatic heterocycles. The van der Waals surface area contributed by atoms with Crippen molar-refractivity contribution in [2.24, 2.45) is 0 Å². The van der Waals surface area contributed by atoms with Crippen molar-refractivity contribution in [2.45, 2.75) is 12.5 Å². The Hall–Kier alpha value is -2.01. The van der Waals surface area contributed by atoms with Gasteiger partial charge >= 0.3 is 0 Å². The van der Waals surface area contributed by atoms with Gasteiger partial charge in [-0.1, -0.05) is 0 Å². The van der Waals surface area contributed by atoms with Crippen LogP contribution in [0.1, 0.15) is 17.5 Å². The summed E-state index contributed by atoms with van der Waals surface area (Å²) in [4.78, 5) is 0. The maximum Gasteiger partial charge on any atom is 0.281 e. The van der Waals surface area contributed by atoms with E-state index < -0.39 is 16.3 Å². The number of hydrogen-bond donors (Lipinski definition) is 1. The molecule has 2 aromatic rings. The average molecular weight is 398 g/mol. The predicted molar refractivity (Wildman–Crippen MR) is 97.1 cm³/mol. The molecule has 27 heavy (non-hydrogen) atoms. The Bertz CT molecular complexity index is 854. The zero-order valence-electron chi connectivity index (χ0n) is 15.3. The Morgan fingerprint density at radius 2 is 2.11 bits per heavy atom. The van der Waals surface area contributed by atoms with Crippen LogP contribution < -0.4 is 4.74 Å². The molecule has 0 amide bonds. The minimum absolute atomic E-state index is 0.219. The van der Waals surface area contributed by atoms with E-state index in [0.717, 1.165) is 5.69 Å². The van der Waals surface area contributed by atoms with Crippen LogP contribution in [0.4, 0.5) is 4.39 Å². The van der Waals surface area contributed by atoms with Crippen molar-refractivity contribution in [1.29, 1.82) is 0 Å². The summed E-state index contributed by atoms with van der Waals surface area (Å²) in [6, 6.07) is 7.69. The fourth-order valence-electron chi connectivity index (χ4n) is 2.73. The number of aromatic amines is 1. The van der Waals surface area contributed by atoms with Crippen LogP contribution in [-0.2, 0) is 21.4 Å². The smallest absolute Gasteiger partial charge is 0.281 e. The number of hydrogen-bond acceptors (Lipinski definition) is 5. The van der Waals surface area contributed by atoms with Crippen LogP contribution >= 0.6 is 0 Å². The van der Waals surface area contributed by atoms with Crippen LogP contribution in [-0.4, -0.2) is 67.6 Å². The van der Waals surface area contributed by atoms with E-state index in [4.69, 9.17) is 9.47 Å². The zero-order chi connectivity index (χ0) is 19.4. The summed E-state index contributed by atoms with van der Waals surface area (Å²) in [5.74, 6) is 0.287. The minimum Gasteiger partial charge on any atom is -0.493 e. The van der Waals surface area contributed by atoms with Gasteiger partial charge in [0, 0.05) is 39.3 Å². The Morgan fingerprint density at radius 1 is 1.37 bits per heavy atom. The number of benzene rings is 1. The van der Waals surface area contributed by atoms with Gasteiger partial charge in [0.05, 0.1) is 18.9 Å². The van der Waals surface area contributed by atoms with Gasteiger partial charge in [-0.15, -0.1) is 0 Å². The van der Waals surface area contributed by atoms with Gasteiger partial charge in [0.25, 0.3) is 10.2 Å². The second kappa shape index (κ2) is 8.34. The van der Waals surface area contributed by atoms with Gasteiger partial charge in [0.2, 0.25) is 0 Å². The highest BCUT2D eigenvalue weighted by molar-refractivity contribution is 7.86. The molecule has 1 N–H and O–H groups in total. The van der Waals surface area contributed by atoms with E-state index in [-0.39, 0.29) is 12.4 Å². The third-order valence-electron chi connectivity index (χ3n) is 4.25. The molecule has 1 aliphatic heterocycles. The molecule has 0 radical (unpaired) electrons. The lowest BCUT2D eigenvalue weighted by Crippen LogP contribution is -2.47. The summed E-state index contributed by atoms with van der Waals surface area (Å²) in [7, 11) is -0.465. The topological polar surface area (TPSA) is 87.8 Å². The van der Waals surface area contributed by atoms with E-state index in [1.165, 1.54) is 34.8 Å². The highest BCUT2D eigenvalue weighted by Crippen LogP contribution is 2.23. The average Bonchev–Trinajstić information content (AvgIpc) is 3.12. The van der Waals surface area contributed by atoms with Gasteiger partial charge in [0.1, 0.15) is 17.7 Å². The van der Waals surface area contributed by atoms with Crippen LogP contribution in [0.15, 0.2) is 30.3 Å². The monoisotopic (exact) mass is 398 g/mol. The lowest BCUT2D eigenvalue weighted by Gasteiger charge is -2.32. The first kappa shape index (κ1) is 19.7. The van der Waals surface area contributed by atoms with Gasteiger partial charge in [-0.05, 0) is 30.3 Å². The van der Waals surface area contributed by atoms with Crippen LogP contribution in [0, 0.1) is 5.82 Å². The molecule has 3 rings (SSSR count). The van der Waals surface area contributed by atoms with E-state index in [9.17, 15) is 12.8 Å². The van der Waals surface area contributed by atoms with E-state index in [0.29, 0.717) is 37.6 Å². The first-order valence-corrected chi connectivity index (χ1v) is 9.97. The third-order valence-corrected chi connectivity index (χ3v) is 6.16. The lowest BCUT2D eigenvalue weighted by molar-refractivity contribution is -0.00625. The maximum absolute atomic E-state index is 12.9. The van der Waals surface area contributed by atoms with Crippen molar-refractivity contribution >= 4 is 10.2 Å². The fraction of sp³-hybridized carbons (Fsp3) is 0.471. The van der Waals surface area contributed by atoms with Crippen LogP contribution in [0.25, 0.3) is 0 Å². The molecule has 0 bridgehead atoms. The Morgan fingerprint density at radius 3 is 2.81 bits per heavy atom. The summed E-state index contributed by atoms with van der Waals surface area (Å²) in [6.45, 7) is 1.25. The molecule has 1 aromatic carbocycles. The van der Waals surface area contributed by atoms with E-state index >= 15 is 0 Å². The van der Waals surface area contributed by atoms with Gasteiger partial charge in [0.15, 0.2) is 0 Å². The molecule has 1 aliphatic rings. The predicted octanol–water partition coefficient (Wildman–Crippen LogP) is 1.35. The number of rotatable bonds is 7. The normalized spacial score (nSPS) is 18.7. The van der Waals surface area contributed by atoms with Gasteiger partial charge in [-0.3, -0.25) is 5.10 Å². The maximum atomic E-state index is 12.9. The van der Waals surface area contributed by atoms with Gasteiger partial charge < -0.3 is 9.47 Å². The van der Waals surface area contributed by atoms with Crippen molar-refractivity contribution in [3.8, 4) is 5.75 Å². The van der Waals surface area contributed by atoms with Gasteiger partial charge in [-0.2, -0.15) is 22.1 Å². The minimum atomic E-state index is -3.48. The fourth-order valence-corrected chi connectivity index (χ4v) is 3.82. The third kappa shape index (κ3) is 4.83.